The summed E-state index contributed by atoms with van der Waals surface area (Å²) in [6, 6.07) is 9.19. The number of likely N-dealkylation sites (tertiary alicyclic amines) is 1. The Morgan fingerprint density at radius 3 is 2.65 bits per heavy atom. The maximum atomic E-state index is 12.2. The molecule has 0 saturated carbocycles. The molecule has 1 aromatic rings. The third-order valence-electron chi connectivity index (χ3n) is 4.90. The minimum absolute atomic E-state index is 0.285. The third-order valence-corrected chi connectivity index (χ3v) is 4.90. The molecule has 2 aliphatic rings. The van der Waals surface area contributed by atoms with Crippen LogP contribution in [0.4, 0.5) is 0 Å². The highest BCUT2D eigenvalue weighted by Crippen LogP contribution is 2.29. The van der Waals surface area contributed by atoms with Crippen LogP contribution in [0.15, 0.2) is 30.3 Å². The minimum atomic E-state index is -0.437. The molecule has 0 spiro atoms. The lowest BCUT2D eigenvalue weighted by atomic mass is 9.89. The van der Waals surface area contributed by atoms with E-state index in [0.29, 0.717) is 5.92 Å². The number of amides is 1. The molecule has 3 rings (SSSR count). The van der Waals surface area contributed by atoms with Crippen molar-refractivity contribution in [3.63, 3.8) is 0 Å². The number of carbonyl (C=O) groups is 1. The topological polar surface area (TPSA) is 73.8 Å². The van der Waals surface area contributed by atoms with Crippen LogP contribution in [0.5, 0.6) is 0 Å². The van der Waals surface area contributed by atoms with Gasteiger partial charge in [0.05, 0.1) is 12.7 Å². The molecule has 0 aliphatic carbocycles. The van der Waals surface area contributed by atoms with Gasteiger partial charge >= 0.3 is 0 Å². The number of nitrogens with zero attached hydrogens (tertiary/aromatic N) is 1. The normalized spacial score (nSPS) is 25.0. The van der Waals surface area contributed by atoms with Gasteiger partial charge in [0.2, 0.25) is 0 Å². The lowest BCUT2D eigenvalue weighted by Gasteiger charge is -2.40. The van der Waals surface area contributed by atoms with E-state index in [1.54, 1.807) is 0 Å². The molecule has 0 aromatic heterocycles. The van der Waals surface area contributed by atoms with Crippen molar-refractivity contribution in [2.24, 2.45) is 5.92 Å². The minimum Gasteiger partial charge on any atom is -0.375 e. The fourth-order valence-electron chi connectivity index (χ4n) is 3.66. The zero-order chi connectivity index (χ0) is 16.1. The average Bonchev–Trinajstić information content (AvgIpc) is 2.64. The van der Waals surface area contributed by atoms with E-state index < -0.39 is 6.04 Å². The summed E-state index contributed by atoms with van der Waals surface area (Å²) in [6.45, 7) is 4.30. The molecule has 23 heavy (non-hydrogen) atoms. The Labute approximate surface area is 136 Å². The molecule has 0 radical (unpaired) electrons. The predicted molar refractivity (Wildman–Crippen MR) is 86.0 cm³/mol. The Balaban J connectivity index is 1.64. The summed E-state index contributed by atoms with van der Waals surface area (Å²) in [5, 5.41) is 12.5. The highest BCUT2D eigenvalue weighted by Gasteiger charge is 2.34. The summed E-state index contributed by atoms with van der Waals surface area (Å²) in [6.07, 6.45) is 2.30. The SMILES string of the molecule is O=C(NO)C(c1ccccc1)N1CCC(C2CNCCO2)CC1. The van der Waals surface area contributed by atoms with E-state index in [9.17, 15) is 4.79 Å². The van der Waals surface area contributed by atoms with Gasteiger partial charge in [0.25, 0.3) is 5.91 Å². The molecule has 2 fully saturated rings. The summed E-state index contributed by atoms with van der Waals surface area (Å²) >= 11 is 0. The van der Waals surface area contributed by atoms with Gasteiger partial charge in [-0.1, -0.05) is 30.3 Å². The van der Waals surface area contributed by atoms with Gasteiger partial charge in [-0.3, -0.25) is 14.9 Å². The smallest absolute Gasteiger partial charge is 0.265 e. The van der Waals surface area contributed by atoms with E-state index in [1.165, 1.54) is 0 Å². The van der Waals surface area contributed by atoms with Gasteiger partial charge in [-0.15, -0.1) is 0 Å². The molecular weight excluding hydrogens is 294 g/mol. The number of rotatable bonds is 4. The molecule has 6 nitrogen and oxygen atoms in total. The van der Waals surface area contributed by atoms with Crippen molar-refractivity contribution in [1.29, 1.82) is 0 Å². The fourth-order valence-corrected chi connectivity index (χ4v) is 3.66. The zero-order valence-corrected chi connectivity index (χ0v) is 13.3. The van der Waals surface area contributed by atoms with E-state index in [2.05, 4.69) is 10.2 Å². The molecule has 126 valence electrons. The molecule has 6 heteroatoms. The van der Waals surface area contributed by atoms with Crippen molar-refractivity contribution in [2.45, 2.75) is 25.0 Å². The Hall–Kier alpha value is -1.47. The predicted octanol–water partition coefficient (Wildman–Crippen LogP) is 0.933. The second kappa shape index (κ2) is 7.88. The fraction of sp³-hybridized carbons (Fsp3) is 0.588. The number of benzene rings is 1. The number of carbonyl (C=O) groups excluding carboxylic acids is 1. The van der Waals surface area contributed by atoms with Crippen LogP contribution in [0.3, 0.4) is 0 Å². The van der Waals surface area contributed by atoms with Crippen molar-refractivity contribution >= 4 is 5.91 Å². The first-order chi connectivity index (χ1) is 11.3. The van der Waals surface area contributed by atoms with E-state index in [1.807, 2.05) is 35.8 Å². The van der Waals surface area contributed by atoms with E-state index >= 15 is 0 Å². The molecule has 2 aliphatic heterocycles. The van der Waals surface area contributed by atoms with Crippen molar-refractivity contribution in [2.75, 3.05) is 32.8 Å². The van der Waals surface area contributed by atoms with E-state index in [-0.39, 0.29) is 12.0 Å². The monoisotopic (exact) mass is 319 g/mol. The summed E-state index contributed by atoms with van der Waals surface area (Å²) in [5.41, 5.74) is 2.73. The number of hydroxylamine groups is 1. The van der Waals surface area contributed by atoms with Crippen molar-refractivity contribution < 1.29 is 14.7 Å². The number of nitrogens with one attached hydrogen (secondary N) is 2. The number of hydrogen-bond donors (Lipinski definition) is 3. The molecular formula is C17H25N3O3. The molecule has 3 N–H and O–H groups in total. The zero-order valence-electron chi connectivity index (χ0n) is 13.3. The lowest BCUT2D eigenvalue weighted by molar-refractivity contribution is -0.136. The number of ether oxygens (including phenoxy) is 1. The molecule has 2 unspecified atom stereocenters. The van der Waals surface area contributed by atoms with Crippen molar-refractivity contribution in [3.05, 3.63) is 35.9 Å². The Morgan fingerprint density at radius 1 is 1.30 bits per heavy atom. The summed E-state index contributed by atoms with van der Waals surface area (Å²) in [4.78, 5) is 14.3. The molecule has 2 saturated heterocycles. The molecule has 1 aromatic carbocycles. The summed E-state index contributed by atoms with van der Waals surface area (Å²) in [5.74, 6) is 0.165. The van der Waals surface area contributed by atoms with Crippen LogP contribution in [0.25, 0.3) is 0 Å². The van der Waals surface area contributed by atoms with Crippen LogP contribution in [-0.2, 0) is 9.53 Å². The van der Waals surface area contributed by atoms with Crippen LogP contribution < -0.4 is 10.8 Å². The standard InChI is InChI=1S/C17H25N3O3/c21-17(19-22)16(14-4-2-1-3-5-14)20-9-6-13(7-10-20)15-12-18-8-11-23-15/h1-5,13,15-16,18,22H,6-12H2,(H,19,21). The first-order valence-corrected chi connectivity index (χ1v) is 8.35. The van der Waals surface area contributed by atoms with Crippen molar-refractivity contribution in [3.8, 4) is 0 Å². The highest BCUT2D eigenvalue weighted by atomic mass is 16.5. The van der Waals surface area contributed by atoms with Gasteiger partial charge in [-0.05, 0) is 37.4 Å². The molecule has 0 bridgehead atoms. The van der Waals surface area contributed by atoms with Gasteiger partial charge in [0.15, 0.2) is 0 Å². The van der Waals surface area contributed by atoms with Gasteiger partial charge < -0.3 is 10.1 Å². The van der Waals surface area contributed by atoms with Gasteiger partial charge in [-0.2, -0.15) is 0 Å². The largest absolute Gasteiger partial charge is 0.375 e. The van der Waals surface area contributed by atoms with Gasteiger partial charge in [0, 0.05) is 13.1 Å². The Morgan fingerprint density at radius 2 is 2.04 bits per heavy atom. The van der Waals surface area contributed by atoms with E-state index in [0.717, 1.165) is 51.2 Å². The quantitative estimate of drug-likeness (QED) is 0.569. The molecule has 1 amide bonds. The van der Waals surface area contributed by atoms with Crippen molar-refractivity contribution in [1.82, 2.24) is 15.7 Å². The van der Waals surface area contributed by atoms with Crippen LogP contribution >= 0.6 is 0 Å². The number of hydrogen-bond acceptors (Lipinski definition) is 5. The number of piperidine rings is 1. The van der Waals surface area contributed by atoms with Crippen LogP contribution in [0, 0.1) is 5.92 Å². The number of morpholine rings is 1. The van der Waals surface area contributed by atoms with Gasteiger partial charge in [-0.25, -0.2) is 5.48 Å². The first kappa shape index (κ1) is 16.4. The maximum absolute atomic E-state index is 12.2. The Kier molecular flexibility index (Phi) is 5.61. The van der Waals surface area contributed by atoms with E-state index in [4.69, 9.17) is 9.94 Å². The average molecular weight is 319 g/mol. The molecule has 2 heterocycles. The third kappa shape index (κ3) is 3.90. The Bertz CT molecular complexity index is 497. The van der Waals surface area contributed by atoms with Crippen LogP contribution in [-0.4, -0.2) is 54.9 Å². The maximum Gasteiger partial charge on any atom is 0.265 e. The first-order valence-electron chi connectivity index (χ1n) is 8.35. The van der Waals surface area contributed by atoms with Crippen LogP contribution in [0.2, 0.25) is 0 Å². The molecule has 2 atom stereocenters. The van der Waals surface area contributed by atoms with Gasteiger partial charge in [0.1, 0.15) is 6.04 Å². The lowest BCUT2D eigenvalue weighted by Crippen LogP contribution is -2.48. The highest BCUT2D eigenvalue weighted by molar-refractivity contribution is 5.82. The van der Waals surface area contributed by atoms with Crippen LogP contribution in [0.1, 0.15) is 24.4 Å². The summed E-state index contributed by atoms with van der Waals surface area (Å²) in [7, 11) is 0. The summed E-state index contributed by atoms with van der Waals surface area (Å²) < 4.78 is 5.87. The second-order valence-corrected chi connectivity index (χ2v) is 6.28. The second-order valence-electron chi connectivity index (χ2n) is 6.28.